The van der Waals surface area contributed by atoms with Crippen molar-refractivity contribution < 1.29 is 19.1 Å². The van der Waals surface area contributed by atoms with Crippen LogP contribution in [-0.2, 0) is 4.79 Å². The highest BCUT2D eigenvalue weighted by Crippen LogP contribution is 2.27. The molecule has 31 heavy (non-hydrogen) atoms. The van der Waals surface area contributed by atoms with Crippen molar-refractivity contribution in [1.29, 1.82) is 0 Å². The van der Waals surface area contributed by atoms with E-state index in [9.17, 15) is 9.59 Å². The third-order valence-corrected chi connectivity index (χ3v) is 5.31. The second kappa shape index (κ2) is 11.1. The number of esters is 1. The standard InChI is InChI=1S/C22H15Cl2IN2O4/c23-15-7-10-20(18(24)11-15)30-13-21(28)27-26-12-14-5-8-16(9-6-14)31-22(29)17-3-1-2-4-19(17)25/h1-12H,13H2,(H,27,28)/b26-12-. The van der Waals surface area contributed by atoms with Crippen molar-refractivity contribution in [3.63, 3.8) is 0 Å². The molecule has 0 fully saturated rings. The second-order valence-electron chi connectivity index (χ2n) is 6.09. The van der Waals surface area contributed by atoms with Crippen LogP contribution in [0.4, 0.5) is 0 Å². The van der Waals surface area contributed by atoms with Gasteiger partial charge in [-0.15, -0.1) is 0 Å². The van der Waals surface area contributed by atoms with E-state index < -0.39 is 11.9 Å². The minimum absolute atomic E-state index is 0.258. The summed E-state index contributed by atoms with van der Waals surface area (Å²) in [5.74, 6) is -0.135. The number of rotatable bonds is 7. The number of halogens is 3. The largest absolute Gasteiger partial charge is 0.482 e. The molecule has 1 amide bonds. The summed E-state index contributed by atoms with van der Waals surface area (Å²) in [5, 5.41) is 4.66. The fraction of sp³-hybridized carbons (Fsp3) is 0.0455. The van der Waals surface area contributed by atoms with Crippen molar-refractivity contribution >= 4 is 63.9 Å². The van der Waals surface area contributed by atoms with Gasteiger partial charge < -0.3 is 9.47 Å². The van der Waals surface area contributed by atoms with Crippen molar-refractivity contribution in [3.8, 4) is 11.5 Å². The number of ether oxygens (including phenoxy) is 2. The molecular formula is C22H15Cl2IN2O4. The van der Waals surface area contributed by atoms with E-state index in [1.807, 2.05) is 12.1 Å². The Morgan fingerprint density at radius 3 is 2.48 bits per heavy atom. The molecule has 0 radical (unpaired) electrons. The van der Waals surface area contributed by atoms with E-state index in [2.05, 4.69) is 33.1 Å². The van der Waals surface area contributed by atoms with E-state index in [0.29, 0.717) is 32.7 Å². The van der Waals surface area contributed by atoms with E-state index >= 15 is 0 Å². The molecule has 0 aromatic heterocycles. The predicted octanol–water partition coefficient (Wildman–Crippen LogP) is 5.35. The van der Waals surface area contributed by atoms with E-state index in [-0.39, 0.29) is 6.61 Å². The van der Waals surface area contributed by atoms with Crippen molar-refractivity contribution in [2.75, 3.05) is 6.61 Å². The third kappa shape index (κ3) is 6.95. The van der Waals surface area contributed by atoms with E-state index in [1.165, 1.54) is 12.3 Å². The van der Waals surface area contributed by atoms with Crippen molar-refractivity contribution in [2.24, 2.45) is 5.10 Å². The van der Waals surface area contributed by atoms with E-state index in [1.54, 1.807) is 48.5 Å². The van der Waals surface area contributed by atoms with Gasteiger partial charge in [-0.1, -0.05) is 35.3 Å². The quantitative estimate of drug-likeness (QED) is 0.137. The number of hydrogen-bond acceptors (Lipinski definition) is 5. The molecule has 0 aliphatic rings. The lowest BCUT2D eigenvalue weighted by molar-refractivity contribution is -0.123. The Kier molecular flexibility index (Phi) is 8.27. The highest BCUT2D eigenvalue weighted by atomic mass is 127. The molecule has 158 valence electrons. The van der Waals surface area contributed by atoms with Crippen molar-refractivity contribution in [3.05, 3.63) is 91.5 Å². The van der Waals surface area contributed by atoms with Crippen LogP contribution < -0.4 is 14.9 Å². The van der Waals surface area contributed by atoms with Crippen molar-refractivity contribution in [1.82, 2.24) is 5.43 Å². The Labute approximate surface area is 202 Å². The number of benzene rings is 3. The van der Waals surface area contributed by atoms with Crippen LogP contribution in [0.25, 0.3) is 0 Å². The van der Waals surface area contributed by atoms with Crippen LogP contribution in [0, 0.1) is 3.57 Å². The van der Waals surface area contributed by atoms with Crippen LogP contribution in [0.2, 0.25) is 10.0 Å². The first-order valence-electron chi connectivity index (χ1n) is 8.89. The Morgan fingerprint density at radius 2 is 1.77 bits per heavy atom. The summed E-state index contributed by atoms with van der Waals surface area (Å²) in [6, 6.07) is 18.6. The van der Waals surface area contributed by atoms with E-state index in [0.717, 1.165) is 3.57 Å². The van der Waals surface area contributed by atoms with Gasteiger partial charge in [0.05, 0.1) is 16.8 Å². The molecule has 0 aliphatic carbocycles. The number of carbonyl (C=O) groups excluding carboxylic acids is 2. The molecule has 9 heteroatoms. The zero-order chi connectivity index (χ0) is 22.2. The summed E-state index contributed by atoms with van der Waals surface area (Å²) in [5.41, 5.74) is 3.56. The first kappa shape index (κ1) is 23.1. The molecule has 0 saturated heterocycles. The van der Waals surface area contributed by atoms with Crippen LogP contribution in [0.3, 0.4) is 0 Å². The summed E-state index contributed by atoms with van der Waals surface area (Å²) in [6.45, 7) is -0.258. The molecule has 3 rings (SSSR count). The van der Waals surface area contributed by atoms with Gasteiger partial charge in [0.1, 0.15) is 11.5 Å². The fourth-order valence-corrected chi connectivity index (χ4v) is 3.43. The maximum atomic E-state index is 12.2. The third-order valence-electron chi connectivity index (χ3n) is 3.84. The Balaban J connectivity index is 1.48. The van der Waals surface area contributed by atoms with Crippen LogP contribution >= 0.6 is 45.8 Å². The maximum absolute atomic E-state index is 12.2. The van der Waals surface area contributed by atoms with Gasteiger partial charge in [0, 0.05) is 8.59 Å². The molecule has 0 unspecified atom stereocenters. The molecule has 0 atom stereocenters. The van der Waals surface area contributed by atoms with Crippen LogP contribution in [-0.4, -0.2) is 24.7 Å². The lowest BCUT2D eigenvalue weighted by Gasteiger charge is -2.07. The molecule has 0 heterocycles. The molecule has 1 N–H and O–H groups in total. The predicted molar refractivity (Wildman–Crippen MR) is 128 cm³/mol. The van der Waals surface area contributed by atoms with Crippen molar-refractivity contribution in [2.45, 2.75) is 0 Å². The average molecular weight is 569 g/mol. The first-order chi connectivity index (χ1) is 14.9. The summed E-state index contributed by atoms with van der Waals surface area (Å²) < 4.78 is 11.5. The van der Waals surface area contributed by atoms with Gasteiger partial charge in [0.15, 0.2) is 6.61 Å². The van der Waals surface area contributed by atoms with Gasteiger partial charge in [0.25, 0.3) is 5.91 Å². The average Bonchev–Trinajstić information content (AvgIpc) is 2.74. The number of amides is 1. The summed E-state index contributed by atoms with van der Waals surface area (Å²) in [6.07, 6.45) is 1.46. The number of hydrazone groups is 1. The molecule has 0 spiro atoms. The van der Waals surface area contributed by atoms with Gasteiger partial charge in [-0.05, 0) is 82.8 Å². The van der Waals surface area contributed by atoms with E-state index in [4.69, 9.17) is 32.7 Å². The summed E-state index contributed by atoms with van der Waals surface area (Å²) in [7, 11) is 0. The Morgan fingerprint density at radius 1 is 1.03 bits per heavy atom. The van der Waals surface area contributed by atoms with Crippen LogP contribution in [0.15, 0.2) is 71.8 Å². The molecule has 0 bridgehead atoms. The minimum Gasteiger partial charge on any atom is -0.482 e. The van der Waals surface area contributed by atoms with Gasteiger partial charge in [-0.2, -0.15) is 5.10 Å². The maximum Gasteiger partial charge on any atom is 0.344 e. The Bertz CT molecular complexity index is 1120. The number of carbonyl (C=O) groups is 2. The van der Waals surface area contributed by atoms with Crippen LogP contribution in [0.1, 0.15) is 15.9 Å². The normalized spacial score (nSPS) is 10.7. The first-order valence-corrected chi connectivity index (χ1v) is 10.7. The van der Waals surface area contributed by atoms with Gasteiger partial charge in [-0.3, -0.25) is 4.79 Å². The van der Waals surface area contributed by atoms with Crippen LogP contribution in [0.5, 0.6) is 11.5 Å². The minimum atomic E-state index is -0.453. The molecule has 0 saturated carbocycles. The molecule has 3 aromatic carbocycles. The topological polar surface area (TPSA) is 77.0 Å². The zero-order valence-electron chi connectivity index (χ0n) is 15.8. The highest BCUT2D eigenvalue weighted by molar-refractivity contribution is 14.1. The SMILES string of the molecule is O=C(COc1ccc(Cl)cc1Cl)N/N=C\c1ccc(OC(=O)c2ccccc2I)cc1. The number of nitrogens with one attached hydrogen (secondary N) is 1. The second-order valence-corrected chi connectivity index (χ2v) is 8.10. The molecular weight excluding hydrogens is 554 g/mol. The van der Waals surface area contributed by atoms with Gasteiger partial charge >= 0.3 is 5.97 Å². The Hall–Kier alpha value is -2.62. The molecule has 3 aromatic rings. The summed E-state index contributed by atoms with van der Waals surface area (Å²) >= 11 is 13.9. The van der Waals surface area contributed by atoms with Gasteiger partial charge in [0.2, 0.25) is 0 Å². The molecule has 6 nitrogen and oxygen atoms in total. The lowest BCUT2D eigenvalue weighted by Crippen LogP contribution is -2.24. The fourth-order valence-electron chi connectivity index (χ4n) is 2.36. The highest BCUT2D eigenvalue weighted by Gasteiger charge is 2.11. The van der Waals surface area contributed by atoms with Gasteiger partial charge in [-0.25, -0.2) is 10.2 Å². The monoisotopic (exact) mass is 568 g/mol. The summed E-state index contributed by atoms with van der Waals surface area (Å²) in [4.78, 5) is 24.1. The molecule has 0 aliphatic heterocycles. The lowest BCUT2D eigenvalue weighted by atomic mass is 10.2. The number of hydrogen-bond donors (Lipinski definition) is 1. The zero-order valence-corrected chi connectivity index (χ0v) is 19.5. The smallest absolute Gasteiger partial charge is 0.344 e. The number of nitrogens with zero attached hydrogens (tertiary/aromatic N) is 1.